The Balaban J connectivity index is 0.00000191. The fourth-order valence-electron chi connectivity index (χ4n) is 4.53. The van der Waals surface area contributed by atoms with Crippen LogP contribution in [0.4, 0.5) is 5.69 Å². The van der Waals surface area contributed by atoms with Gasteiger partial charge in [0.15, 0.2) is 0 Å². The molecule has 6 nitrogen and oxygen atoms in total. The van der Waals surface area contributed by atoms with Gasteiger partial charge in [-0.2, -0.15) is 17.0 Å². The van der Waals surface area contributed by atoms with Gasteiger partial charge in [-0.05, 0) is 78.3 Å². The van der Waals surface area contributed by atoms with Gasteiger partial charge in [-0.1, -0.05) is 93.6 Å². The zero-order chi connectivity index (χ0) is 33.5. The van der Waals surface area contributed by atoms with Crippen LogP contribution in [0.15, 0.2) is 97.1 Å². The number of allylic oxidation sites excluding steroid dienone is 4. The molecule has 1 atom stereocenters. The van der Waals surface area contributed by atoms with E-state index in [-0.39, 0.29) is 5.91 Å². The van der Waals surface area contributed by atoms with Gasteiger partial charge in [0.2, 0.25) is 0 Å². The number of thioether (sulfide) groups is 1. The average molecular weight is 628 g/mol. The predicted molar refractivity (Wildman–Crippen MR) is 191 cm³/mol. The molecule has 0 radical (unpaired) electrons. The molecule has 240 valence electrons. The molecule has 0 aliphatic rings. The number of rotatable bonds is 14. The SMILES string of the molecule is C/C=C\C=C(/CC)c1cc(CN(Cc2ccccc2)c2ccccc2)ccc1C(=O)NC(CCSC)C(=O)OC.CC.CC#N. The third-order valence-corrected chi connectivity index (χ3v) is 7.30. The van der Waals surface area contributed by atoms with Crippen molar-refractivity contribution < 1.29 is 14.3 Å². The number of carbonyl (C=O) groups is 2. The van der Waals surface area contributed by atoms with E-state index in [4.69, 9.17) is 10.00 Å². The van der Waals surface area contributed by atoms with Gasteiger partial charge < -0.3 is 15.0 Å². The van der Waals surface area contributed by atoms with E-state index in [0.717, 1.165) is 41.1 Å². The summed E-state index contributed by atoms with van der Waals surface area (Å²) in [5, 5.41) is 10.3. The molecule has 0 saturated heterocycles. The molecule has 45 heavy (non-hydrogen) atoms. The number of carbonyl (C=O) groups excluding carboxylic acids is 2. The minimum atomic E-state index is -0.693. The van der Waals surface area contributed by atoms with Crippen LogP contribution in [0.1, 0.15) is 74.5 Å². The van der Waals surface area contributed by atoms with Gasteiger partial charge in [0, 0.05) is 31.3 Å². The highest BCUT2D eigenvalue weighted by Gasteiger charge is 2.24. The van der Waals surface area contributed by atoms with Crippen molar-refractivity contribution in [1.29, 1.82) is 5.26 Å². The maximum Gasteiger partial charge on any atom is 0.328 e. The van der Waals surface area contributed by atoms with Crippen molar-refractivity contribution in [3.05, 3.63) is 119 Å². The second-order valence-corrected chi connectivity index (χ2v) is 10.7. The number of nitriles is 1. The highest BCUT2D eigenvalue weighted by Crippen LogP contribution is 2.27. The predicted octanol–water partition coefficient (Wildman–Crippen LogP) is 8.84. The Bertz CT molecular complexity index is 1380. The van der Waals surface area contributed by atoms with Crippen LogP contribution in [0.25, 0.3) is 5.57 Å². The van der Waals surface area contributed by atoms with Crippen LogP contribution in [0.2, 0.25) is 0 Å². The zero-order valence-corrected chi connectivity index (χ0v) is 28.7. The maximum atomic E-state index is 13.6. The number of nitrogens with one attached hydrogen (secondary N) is 1. The van der Waals surface area contributed by atoms with Gasteiger partial charge in [-0.25, -0.2) is 4.79 Å². The maximum absolute atomic E-state index is 13.6. The molecular weight excluding hydrogens is 579 g/mol. The van der Waals surface area contributed by atoms with Crippen molar-refractivity contribution in [2.75, 3.05) is 24.0 Å². The van der Waals surface area contributed by atoms with Crippen molar-refractivity contribution >= 4 is 34.9 Å². The Morgan fingerprint density at radius 1 is 0.978 bits per heavy atom. The third kappa shape index (κ3) is 13.5. The second kappa shape index (κ2) is 23.1. The molecule has 7 heteroatoms. The van der Waals surface area contributed by atoms with E-state index in [1.165, 1.54) is 19.6 Å². The van der Waals surface area contributed by atoms with Crippen LogP contribution >= 0.6 is 11.8 Å². The average Bonchev–Trinajstić information content (AvgIpc) is 3.08. The fourth-order valence-corrected chi connectivity index (χ4v) is 5.00. The molecular formula is C38H49N3O3S. The number of hydrogen-bond donors (Lipinski definition) is 1. The van der Waals surface area contributed by atoms with Crippen LogP contribution in [-0.4, -0.2) is 37.0 Å². The van der Waals surface area contributed by atoms with Crippen LogP contribution in [0, 0.1) is 11.3 Å². The highest BCUT2D eigenvalue weighted by molar-refractivity contribution is 7.98. The molecule has 0 saturated carbocycles. The van der Waals surface area contributed by atoms with E-state index < -0.39 is 12.0 Å². The number of hydrogen-bond acceptors (Lipinski definition) is 6. The molecule has 3 aromatic rings. The molecule has 0 spiro atoms. The Morgan fingerprint density at radius 3 is 2.13 bits per heavy atom. The molecule has 0 fully saturated rings. The molecule has 0 bridgehead atoms. The van der Waals surface area contributed by atoms with E-state index in [1.54, 1.807) is 17.8 Å². The smallest absolute Gasteiger partial charge is 0.328 e. The molecule has 0 aliphatic carbocycles. The highest BCUT2D eigenvalue weighted by atomic mass is 32.2. The number of methoxy groups -OCH3 is 1. The number of ether oxygens (including phenoxy) is 1. The summed E-state index contributed by atoms with van der Waals surface area (Å²) >= 11 is 1.63. The van der Waals surface area contributed by atoms with E-state index in [9.17, 15) is 9.59 Å². The minimum Gasteiger partial charge on any atom is -0.467 e. The van der Waals surface area contributed by atoms with Gasteiger partial charge in [0.05, 0.1) is 13.2 Å². The van der Waals surface area contributed by atoms with E-state index in [1.807, 2.05) is 63.4 Å². The van der Waals surface area contributed by atoms with Gasteiger partial charge in [0.1, 0.15) is 6.04 Å². The zero-order valence-electron chi connectivity index (χ0n) is 27.9. The van der Waals surface area contributed by atoms with Crippen molar-refractivity contribution in [2.24, 2.45) is 0 Å². The van der Waals surface area contributed by atoms with E-state index >= 15 is 0 Å². The summed E-state index contributed by atoms with van der Waals surface area (Å²) in [6.45, 7) is 10.9. The van der Waals surface area contributed by atoms with Gasteiger partial charge in [0.25, 0.3) is 5.91 Å². The molecule has 1 N–H and O–H groups in total. The van der Waals surface area contributed by atoms with Gasteiger partial charge >= 0.3 is 5.97 Å². The summed E-state index contributed by atoms with van der Waals surface area (Å²) in [5.41, 5.74) is 5.93. The summed E-state index contributed by atoms with van der Waals surface area (Å²) in [7, 11) is 1.35. The van der Waals surface area contributed by atoms with Crippen LogP contribution < -0.4 is 10.2 Å². The van der Waals surface area contributed by atoms with E-state index in [0.29, 0.717) is 18.5 Å². The quantitative estimate of drug-likeness (QED) is 0.142. The largest absolute Gasteiger partial charge is 0.467 e. The minimum absolute atomic E-state index is 0.276. The van der Waals surface area contributed by atoms with E-state index in [2.05, 4.69) is 77.8 Å². The lowest BCUT2D eigenvalue weighted by atomic mass is 9.94. The lowest BCUT2D eigenvalue weighted by Crippen LogP contribution is -2.42. The van der Waals surface area contributed by atoms with Gasteiger partial charge in [-0.3, -0.25) is 4.79 Å². The Morgan fingerprint density at radius 2 is 1.58 bits per heavy atom. The second-order valence-electron chi connectivity index (χ2n) is 9.68. The van der Waals surface area contributed by atoms with Gasteiger partial charge in [-0.15, -0.1) is 0 Å². The first kappa shape index (κ1) is 38.7. The first-order valence-corrected chi connectivity index (χ1v) is 16.8. The number of esters is 1. The monoisotopic (exact) mass is 627 g/mol. The number of nitrogens with zero attached hydrogens (tertiary/aromatic N) is 2. The number of para-hydroxylation sites is 1. The topological polar surface area (TPSA) is 82.4 Å². The van der Waals surface area contributed by atoms with Crippen LogP contribution in [0.5, 0.6) is 0 Å². The molecule has 3 aromatic carbocycles. The summed E-state index contributed by atoms with van der Waals surface area (Å²) in [6.07, 6.45) is 9.27. The molecule has 1 unspecified atom stereocenters. The summed E-state index contributed by atoms with van der Waals surface area (Å²) in [6, 6.07) is 27.9. The normalized spacial score (nSPS) is 11.2. The first-order chi connectivity index (χ1) is 21.9. The number of amides is 1. The molecule has 0 aliphatic heterocycles. The van der Waals surface area contributed by atoms with Crippen molar-refractivity contribution in [2.45, 2.75) is 66.6 Å². The third-order valence-electron chi connectivity index (χ3n) is 6.66. The molecule has 0 heterocycles. The molecule has 0 aromatic heterocycles. The summed E-state index contributed by atoms with van der Waals surface area (Å²) in [4.78, 5) is 28.3. The molecule has 3 rings (SSSR count). The standard InChI is InChI=1S/C34H40N2O3S.C2H3N.C2H6/c1-5-7-16-28(6-2)31-23-27(19-20-30(31)33(37)35-32(21-22-40-4)34(38)39-3)25-36(29-17-12-9-13-18-29)24-26-14-10-8-11-15-26;1-2-3;1-2/h5,7-20,23,32H,6,21-22,24-25H2,1-4H3,(H,35,37);1H3;1-2H3/b7-5-,28-16+;;. The van der Waals surface area contributed by atoms with Crippen LogP contribution in [0.3, 0.4) is 0 Å². The first-order valence-electron chi connectivity index (χ1n) is 15.4. The lowest BCUT2D eigenvalue weighted by molar-refractivity contribution is -0.142. The van der Waals surface area contributed by atoms with Crippen molar-refractivity contribution in [3.63, 3.8) is 0 Å². The fraction of sp³-hybridized carbons (Fsp3) is 0.342. The van der Waals surface area contributed by atoms with Crippen molar-refractivity contribution in [3.8, 4) is 6.07 Å². The molecule has 1 amide bonds. The Kier molecular flexibility index (Phi) is 19.9. The Hall–Kier alpha value is -4.28. The number of anilines is 1. The summed E-state index contributed by atoms with van der Waals surface area (Å²) in [5.74, 6) is 0.0338. The number of benzene rings is 3. The van der Waals surface area contributed by atoms with Crippen molar-refractivity contribution in [1.82, 2.24) is 5.32 Å². The lowest BCUT2D eigenvalue weighted by Gasteiger charge is -2.26. The Labute approximate surface area is 275 Å². The van der Waals surface area contributed by atoms with Crippen LogP contribution in [-0.2, 0) is 22.6 Å². The summed E-state index contributed by atoms with van der Waals surface area (Å²) < 4.78 is 4.96.